The van der Waals surface area contributed by atoms with E-state index in [1.165, 1.54) is 11.8 Å². The van der Waals surface area contributed by atoms with Crippen LogP contribution < -0.4 is 5.73 Å². The minimum Gasteiger partial charge on any atom is -0.392 e. The highest BCUT2D eigenvalue weighted by Crippen LogP contribution is 2.27. The van der Waals surface area contributed by atoms with Crippen LogP contribution >= 0.6 is 11.8 Å². The minimum atomic E-state index is -0.380. The molecule has 1 aromatic rings. The number of rotatable bonds is 3. The number of anilines is 1. The van der Waals surface area contributed by atoms with Gasteiger partial charge in [0.2, 0.25) is 0 Å². The molecule has 0 aromatic carbocycles. The number of thioether (sulfide) groups is 1. The molecular weight excluding hydrogens is 234 g/mol. The number of aromatic nitrogens is 2. The van der Waals surface area contributed by atoms with Crippen LogP contribution in [-0.4, -0.2) is 26.4 Å². The molecule has 0 spiro atoms. The lowest BCUT2D eigenvalue weighted by atomic mass is 9.96. The van der Waals surface area contributed by atoms with Crippen LogP contribution in [0, 0.1) is 0 Å². The molecule has 0 radical (unpaired) electrons. The fourth-order valence-corrected chi connectivity index (χ4v) is 2.03. The third kappa shape index (κ3) is 4.16. The summed E-state index contributed by atoms with van der Waals surface area (Å²) in [6, 6.07) is 1.75. The molecule has 0 fully saturated rings. The summed E-state index contributed by atoms with van der Waals surface area (Å²) in [5.41, 5.74) is 5.65. The highest BCUT2D eigenvalue weighted by Gasteiger charge is 2.20. The second-order valence-electron chi connectivity index (χ2n) is 5.27. The normalized spacial score (nSPS) is 15.6. The van der Waals surface area contributed by atoms with Crippen molar-refractivity contribution in [3.63, 3.8) is 0 Å². The molecule has 0 bridgehead atoms. The van der Waals surface area contributed by atoms with Crippen molar-refractivity contribution in [1.82, 2.24) is 9.97 Å². The highest BCUT2D eigenvalue weighted by molar-refractivity contribution is 7.99. The van der Waals surface area contributed by atoms with E-state index in [1.807, 2.05) is 27.7 Å². The number of nitrogens with two attached hydrogens (primary N) is 1. The van der Waals surface area contributed by atoms with Gasteiger partial charge in [-0.3, -0.25) is 0 Å². The third-order valence-electron chi connectivity index (χ3n) is 2.38. The average molecular weight is 255 g/mol. The Kier molecular flexibility index (Phi) is 4.38. The molecule has 0 aliphatic rings. The first kappa shape index (κ1) is 14.3. The molecule has 1 heterocycles. The van der Waals surface area contributed by atoms with Crippen molar-refractivity contribution in [3.05, 3.63) is 11.9 Å². The van der Waals surface area contributed by atoms with E-state index in [0.29, 0.717) is 5.82 Å². The van der Waals surface area contributed by atoms with Gasteiger partial charge in [0.05, 0.1) is 6.10 Å². The number of aliphatic hydroxyl groups is 1. The van der Waals surface area contributed by atoms with Crippen molar-refractivity contribution >= 4 is 17.6 Å². The molecule has 3 N–H and O–H groups in total. The van der Waals surface area contributed by atoms with E-state index in [4.69, 9.17) is 5.73 Å². The summed E-state index contributed by atoms with van der Waals surface area (Å²) in [4.78, 5) is 8.74. The minimum absolute atomic E-state index is 0.0807. The molecule has 0 saturated heterocycles. The van der Waals surface area contributed by atoms with Crippen molar-refractivity contribution in [3.8, 4) is 0 Å². The summed E-state index contributed by atoms with van der Waals surface area (Å²) in [6.45, 7) is 9.88. The van der Waals surface area contributed by atoms with E-state index >= 15 is 0 Å². The number of hydrogen-bond acceptors (Lipinski definition) is 5. The quantitative estimate of drug-likeness (QED) is 0.640. The Bertz CT molecular complexity index is 388. The van der Waals surface area contributed by atoms with Gasteiger partial charge in [-0.1, -0.05) is 27.7 Å². The molecule has 0 saturated carbocycles. The molecule has 96 valence electrons. The van der Waals surface area contributed by atoms with Crippen LogP contribution in [0.4, 0.5) is 5.82 Å². The second-order valence-corrected chi connectivity index (χ2v) is 6.67. The summed E-state index contributed by atoms with van der Waals surface area (Å²) in [7, 11) is 0. The first-order chi connectivity index (χ1) is 7.70. The van der Waals surface area contributed by atoms with Gasteiger partial charge in [0.1, 0.15) is 16.7 Å². The number of nitrogens with zero attached hydrogens (tertiary/aromatic N) is 2. The van der Waals surface area contributed by atoms with Crippen molar-refractivity contribution in [2.24, 2.45) is 0 Å². The maximum Gasteiger partial charge on any atom is 0.137 e. The molecule has 2 unspecified atom stereocenters. The van der Waals surface area contributed by atoms with E-state index in [0.717, 1.165) is 10.9 Å². The van der Waals surface area contributed by atoms with Gasteiger partial charge >= 0.3 is 0 Å². The van der Waals surface area contributed by atoms with Gasteiger partial charge in [0, 0.05) is 16.7 Å². The van der Waals surface area contributed by atoms with Gasteiger partial charge in [0.25, 0.3) is 0 Å². The first-order valence-corrected chi connectivity index (χ1v) is 6.58. The van der Waals surface area contributed by atoms with E-state index in [2.05, 4.69) is 9.97 Å². The summed E-state index contributed by atoms with van der Waals surface area (Å²) >= 11 is 1.51. The Morgan fingerprint density at radius 1 is 1.29 bits per heavy atom. The van der Waals surface area contributed by atoms with Gasteiger partial charge in [-0.15, -0.1) is 11.8 Å². The Hall–Kier alpha value is -0.810. The van der Waals surface area contributed by atoms with E-state index in [9.17, 15) is 5.11 Å². The molecule has 0 amide bonds. The van der Waals surface area contributed by atoms with Crippen LogP contribution in [0.5, 0.6) is 0 Å². The second kappa shape index (κ2) is 5.23. The zero-order chi connectivity index (χ0) is 13.2. The lowest BCUT2D eigenvalue weighted by molar-refractivity contribution is 0.196. The molecule has 2 atom stereocenters. The van der Waals surface area contributed by atoms with Crippen LogP contribution in [-0.2, 0) is 5.41 Å². The summed E-state index contributed by atoms with van der Waals surface area (Å²) in [6.07, 6.45) is -0.380. The van der Waals surface area contributed by atoms with Crippen molar-refractivity contribution in [2.75, 3.05) is 5.73 Å². The fraction of sp³-hybridized carbons (Fsp3) is 0.667. The van der Waals surface area contributed by atoms with Crippen LogP contribution in [0.15, 0.2) is 11.1 Å². The lowest BCUT2D eigenvalue weighted by Gasteiger charge is -2.19. The zero-order valence-electron chi connectivity index (χ0n) is 11.1. The van der Waals surface area contributed by atoms with Gasteiger partial charge in [-0.25, -0.2) is 9.97 Å². The SMILES string of the molecule is CC(O)C(C)Sc1cc(N)nc(C(C)(C)C)n1. The molecular formula is C12H21N3OS. The molecule has 17 heavy (non-hydrogen) atoms. The van der Waals surface area contributed by atoms with E-state index in [1.54, 1.807) is 13.0 Å². The Labute approximate surface area is 107 Å². The molecule has 0 aliphatic carbocycles. The van der Waals surface area contributed by atoms with Crippen molar-refractivity contribution in [1.29, 1.82) is 0 Å². The van der Waals surface area contributed by atoms with Gasteiger partial charge in [0.15, 0.2) is 0 Å². The summed E-state index contributed by atoms with van der Waals surface area (Å²) in [5.74, 6) is 1.21. The first-order valence-electron chi connectivity index (χ1n) is 5.70. The van der Waals surface area contributed by atoms with E-state index in [-0.39, 0.29) is 16.8 Å². The van der Waals surface area contributed by atoms with Gasteiger partial charge < -0.3 is 10.8 Å². The van der Waals surface area contributed by atoms with Crippen LogP contribution in [0.1, 0.15) is 40.4 Å². The average Bonchev–Trinajstić information content (AvgIpc) is 2.15. The van der Waals surface area contributed by atoms with Crippen LogP contribution in [0.3, 0.4) is 0 Å². The Balaban J connectivity index is 2.98. The monoisotopic (exact) mass is 255 g/mol. The predicted octanol–water partition coefficient (Wildman–Crippen LogP) is 2.22. The van der Waals surface area contributed by atoms with Crippen LogP contribution in [0.25, 0.3) is 0 Å². The lowest BCUT2D eigenvalue weighted by Crippen LogP contribution is -2.19. The maximum atomic E-state index is 9.49. The molecule has 5 heteroatoms. The largest absolute Gasteiger partial charge is 0.392 e. The summed E-state index contributed by atoms with van der Waals surface area (Å²) < 4.78 is 0. The Morgan fingerprint density at radius 3 is 2.35 bits per heavy atom. The van der Waals surface area contributed by atoms with Gasteiger partial charge in [-0.2, -0.15) is 0 Å². The fourth-order valence-electron chi connectivity index (χ4n) is 1.13. The molecule has 0 aliphatic heterocycles. The Morgan fingerprint density at radius 2 is 1.88 bits per heavy atom. The van der Waals surface area contributed by atoms with E-state index < -0.39 is 0 Å². The smallest absolute Gasteiger partial charge is 0.137 e. The molecule has 4 nitrogen and oxygen atoms in total. The topological polar surface area (TPSA) is 72.0 Å². The number of nitrogen functional groups attached to an aromatic ring is 1. The standard InChI is InChI=1S/C12H21N3OS/c1-7(16)8(2)17-10-6-9(13)14-11(15-10)12(3,4)5/h6-8,16H,1-5H3,(H2,13,14,15). The number of hydrogen-bond donors (Lipinski definition) is 2. The third-order valence-corrected chi connectivity index (χ3v) is 3.60. The zero-order valence-corrected chi connectivity index (χ0v) is 11.9. The molecule has 1 aromatic heterocycles. The van der Waals surface area contributed by atoms with Crippen molar-refractivity contribution in [2.45, 2.75) is 56.4 Å². The molecule has 1 rings (SSSR count). The highest BCUT2D eigenvalue weighted by atomic mass is 32.2. The van der Waals surface area contributed by atoms with Crippen molar-refractivity contribution < 1.29 is 5.11 Å². The summed E-state index contributed by atoms with van der Waals surface area (Å²) in [5, 5.41) is 10.4. The van der Waals surface area contributed by atoms with Gasteiger partial charge in [-0.05, 0) is 6.92 Å². The number of aliphatic hydroxyl groups excluding tert-OH is 1. The maximum absolute atomic E-state index is 9.49. The predicted molar refractivity (Wildman–Crippen MR) is 72.1 cm³/mol. The van der Waals surface area contributed by atoms with Crippen LogP contribution in [0.2, 0.25) is 0 Å².